The molecule has 2 aromatic heterocycles. The standard InChI is InChI=1S/C26H35ClN10O4/c1-4-31-25(39)15-11-16-17(12-18(15)41-14-20(38)35-9-7-30-8-10-35)37(6-3)19(36(16)5-2)13-32-26(40)21-23(28)34-24(29)22(27)33-21/h11-12,30H,4-10,13-14H2,1-3H3,(H5-,28,29,31,32,34,39,40)/p+1. The van der Waals surface area contributed by atoms with Crippen LogP contribution in [-0.4, -0.2) is 76.5 Å². The average molecular weight is 588 g/mol. The number of piperazine rings is 1. The van der Waals surface area contributed by atoms with Gasteiger partial charge in [-0.2, -0.15) is 0 Å². The lowest BCUT2D eigenvalue weighted by atomic mass is 10.1. The number of amides is 3. The van der Waals surface area contributed by atoms with Gasteiger partial charge < -0.3 is 37.1 Å². The number of anilines is 2. The monoisotopic (exact) mass is 587 g/mol. The highest BCUT2D eigenvalue weighted by Crippen LogP contribution is 2.27. The van der Waals surface area contributed by atoms with Crippen LogP contribution in [0.3, 0.4) is 0 Å². The number of carbonyl (C=O) groups excluding carboxylic acids is 3. The molecule has 0 bridgehead atoms. The van der Waals surface area contributed by atoms with Crippen LogP contribution in [0.2, 0.25) is 5.15 Å². The molecular formula is C26H36ClN10O4+. The van der Waals surface area contributed by atoms with E-state index >= 15 is 0 Å². The second-order valence-electron chi connectivity index (χ2n) is 9.34. The van der Waals surface area contributed by atoms with E-state index in [-0.39, 0.29) is 47.4 Å². The topological polar surface area (TPSA) is 186 Å². The third kappa shape index (κ3) is 6.28. The Labute approximate surface area is 242 Å². The Balaban J connectivity index is 1.69. The molecule has 14 nitrogen and oxygen atoms in total. The first-order chi connectivity index (χ1) is 19.7. The summed E-state index contributed by atoms with van der Waals surface area (Å²) in [4.78, 5) is 48.4. The van der Waals surface area contributed by atoms with Gasteiger partial charge in [-0.1, -0.05) is 11.6 Å². The Kier molecular flexibility index (Phi) is 9.45. The normalized spacial score (nSPS) is 13.3. The summed E-state index contributed by atoms with van der Waals surface area (Å²) in [5, 5.41) is 8.76. The molecule has 3 heterocycles. The zero-order chi connectivity index (χ0) is 29.7. The molecule has 1 aliphatic heterocycles. The summed E-state index contributed by atoms with van der Waals surface area (Å²) in [6.07, 6.45) is 0. The minimum atomic E-state index is -0.564. The van der Waals surface area contributed by atoms with Gasteiger partial charge in [0.2, 0.25) is 0 Å². The summed E-state index contributed by atoms with van der Waals surface area (Å²) < 4.78 is 10.00. The zero-order valence-electron chi connectivity index (χ0n) is 23.4. The summed E-state index contributed by atoms with van der Waals surface area (Å²) in [6, 6.07) is 3.53. The van der Waals surface area contributed by atoms with E-state index in [0.717, 1.165) is 29.9 Å². The molecule has 41 heavy (non-hydrogen) atoms. The molecule has 0 unspecified atom stereocenters. The van der Waals surface area contributed by atoms with Crippen molar-refractivity contribution < 1.29 is 23.7 Å². The van der Waals surface area contributed by atoms with Crippen molar-refractivity contribution in [3.63, 3.8) is 0 Å². The summed E-state index contributed by atoms with van der Waals surface area (Å²) >= 11 is 5.95. The van der Waals surface area contributed by atoms with E-state index in [4.69, 9.17) is 27.8 Å². The highest BCUT2D eigenvalue weighted by molar-refractivity contribution is 6.31. The van der Waals surface area contributed by atoms with Crippen molar-refractivity contribution in [2.45, 2.75) is 40.4 Å². The summed E-state index contributed by atoms with van der Waals surface area (Å²) in [6.45, 7) is 9.92. The first kappa shape index (κ1) is 29.8. The molecule has 1 saturated heterocycles. The quantitative estimate of drug-likeness (QED) is 0.205. The number of fused-ring (bicyclic) bond motifs is 1. The predicted molar refractivity (Wildman–Crippen MR) is 153 cm³/mol. The number of aryl methyl sites for hydroxylation is 2. The van der Waals surface area contributed by atoms with Crippen molar-refractivity contribution in [2.75, 3.05) is 50.8 Å². The second kappa shape index (κ2) is 13.0. The fraction of sp³-hybridized carbons (Fsp3) is 0.462. The fourth-order valence-corrected chi connectivity index (χ4v) is 4.99. The van der Waals surface area contributed by atoms with Gasteiger partial charge in [0.15, 0.2) is 40.1 Å². The summed E-state index contributed by atoms with van der Waals surface area (Å²) in [7, 11) is 0. The Morgan fingerprint density at radius 1 is 1.07 bits per heavy atom. The first-order valence-corrected chi connectivity index (χ1v) is 13.9. The SMILES string of the molecule is CCNC(=O)c1cc2c(cc1OCC(=O)N1CCNCC1)[n+](CC)c(CNC(=O)c1nc(Cl)c(N)nc1N)n2CC. The number of aromatic nitrogens is 4. The maximum absolute atomic E-state index is 13.1. The number of nitrogens with zero attached hydrogens (tertiary/aromatic N) is 5. The number of imidazole rings is 1. The Morgan fingerprint density at radius 3 is 2.46 bits per heavy atom. The van der Waals surface area contributed by atoms with Crippen LogP contribution in [0.1, 0.15) is 47.4 Å². The van der Waals surface area contributed by atoms with Gasteiger partial charge in [0.05, 0.1) is 18.7 Å². The molecule has 1 fully saturated rings. The second-order valence-corrected chi connectivity index (χ2v) is 9.69. The van der Waals surface area contributed by atoms with Gasteiger partial charge in [0.1, 0.15) is 12.3 Å². The van der Waals surface area contributed by atoms with Crippen LogP contribution in [0.25, 0.3) is 11.0 Å². The Bertz CT molecular complexity index is 1470. The lowest BCUT2D eigenvalue weighted by molar-refractivity contribution is -0.676. The lowest BCUT2D eigenvalue weighted by Gasteiger charge is -2.27. The number of benzene rings is 1. The van der Waals surface area contributed by atoms with Crippen molar-refractivity contribution in [3.8, 4) is 5.75 Å². The minimum absolute atomic E-state index is 0.0637. The molecule has 1 aliphatic rings. The maximum atomic E-state index is 13.1. The van der Waals surface area contributed by atoms with Crippen LogP contribution >= 0.6 is 11.6 Å². The fourth-order valence-electron chi connectivity index (χ4n) is 4.86. The highest BCUT2D eigenvalue weighted by atomic mass is 35.5. The van der Waals surface area contributed by atoms with Crippen LogP contribution in [0.5, 0.6) is 5.75 Å². The first-order valence-electron chi connectivity index (χ1n) is 13.5. The Hall–Kier alpha value is -4.17. The van der Waals surface area contributed by atoms with E-state index in [2.05, 4.69) is 25.9 Å². The Morgan fingerprint density at radius 2 is 1.80 bits per heavy atom. The highest BCUT2D eigenvalue weighted by Gasteiger charge is 2.28. The smallest absolute Gasteiger partial charge is 0.277 e. The van der Waals surface area contributed by atoms with Crippen LogP contribution in [0, 0.1) is 0 Å². The molecule has 0 atom stereocenters. The number of nitrogens with two attached hydrogens (primary N) is 2. The average Bonchev–Trinajstić information content (AvgIpc) is 3.27. The molecule has 0 aliphatic carbocycles. The van der Waals surface area contributed by atoms with E-state index in [9.17, 15) is 14.4 Å². The van der Waals surface area contributed by atoms with Crippen molar-refractivity contribution in [3.05, 3.63) is 34.4 Å². The molecule has 7 N–H and O–H groups in total. The van der Waals surface area contributed by atoms with Gasteiger partial charge in [-0.05, 0) is 20.8 Å². The minimum Gasteiger partial charge on any atom is -0.483 e. The maximum Gasteiger partial charge on any atom is 0.277 e. The summed E-state index contributed by atoms with van der Waals surface area (Å²) in [5.41, 5.74) is 13.2. The molecule has 3 amide bonds. The molecule has 220 valence electrons. The van der Waals surface area contributed by atoms with Crippen LogP contribution in [0.4, 0.5) is 11.6 Å². The third-order valence-electron chi connectivity index (χ3n) is 6.84. The largest absolute Gasteiger partial charge is 0.483 e. The van der Waals surface area contributed by atoms with Crippen LogP contribution < -0.4 is 36.7 Å². The van der Waals surface area contributed by atoms with E-state index in [1.807, 2.05) is 29.9 Å². The van der Waals surface area contributed by atoms with Crippen molar-refractivity contribution in [1.82, 2.24) is 35.4 Å². The van der Waals surface area contributed by atoms with Gasteiger partial charge in [-0.3, -0.25) is 14.4 Å². The number of nitrogen functional groups attached to an aromatic ring is 2. The van der Waals surface area contributed by atoms with Gasteiger partial charge in [0, 0.05) is 44.9 Å². The molecule has 1 aromatic carbocycles. The number of rotatable bonds is 10. The van der Waals surface area contributed by atoms with Crippen LogP contribution in [-0.2, 0) is 24.4 Å². The van der Waals surface area contributed by atoms with Gasteiger partial charge >= 0.3 is 0 Å². The zero-order valence-corrected chi connectivity index (χ0v) is 24.2. The number of hydrogen-bond acceptors (Lipinski definition) is 9. The molecule has 4 rings (SSSR count). The predicted octanol–water partition coefficient (Wildman–Crippen LogP) is 0.0667. The van der Waals surface area contributed by atoms with Crippen molar-refractivity contribution >= 4 is 52.0 Å². The van der Waals surface area contributed by atoms with E-state index < -0.39 is 5.91 Å². The van der Waals surface area contributed by atoms with Gasteiger partial charge in [-0.25, -0.2) is 19.1 Å². The van der Waals surface area contributed by atoms with E-state index in [1.165, 1.54) is 0 Å². The molecular weight excluding hydrogens is 552 g/mol. The summed E-state index contributed by atoms with van der Waals surface area (Å²) in [5.74, 6) is -0.143. The molecule has 15 heteroatoms. The number of hydrogen-bond donors (Lipinski definition) is 5. The molecule has 0 radical (unpaired) electrons. The van der Waals surface area contributed by atoms with Crippen molar-refractivity contribution in [2.24, 2.45) is 0 Å². The number of carbonyl (C=O) groups is 3. The number of nitrogens with one attached hydrogen (secondary N) is 3. The molecule has 3 aromatic rings. The van der Waals surface area contributed by atoms with Gasteiger partial charge in [-0.15, -0.1) is 0 Å². The molecule has 0 saturated carbocycles. The molecule has 0 spiro atoms. The number of halogens is 1. The van der Waals surface area contributed by atoms with E-state index in [1.54, 1.807) is 17.0 Å². The van der Waals surface area contributed by atoms with Gasteiger partial charge in [0.25, 0.3) is 23.5 Å². The number of ether oxygens (including phenoxy) is 1. The third-order valence-corrected chi connectivity index (χ3v) is 7.12. The van der Waals surface area contributed by atoms with E-state index in [0.29, 0.717) is 44.0 Å². The van der Waals surface area contributed by atoms with Crippen molar-refractivity contribution in [1.29, 1.82) is 0 Å². The lowest BCUT2D eigenvalue weighted by Crippen LogP contribution is -2.48. The van der Waals surface area contributed by atoms with Crippen LogP contribution in [0.15, 0.2) is 12.1 Å².